The molecule has 0 radical (unpaired) electrons. The van der Waals surface area contributed by atoms with Gasteiger partial charge in [0.1, 0.15) is 5.15 Å². The average molecular weight is 289 g/mol. The first-order chi connectivity index (χ1) is 9.20. The molecule has 2 nitrogen and oxygen atoms in total. The Morgan fingerprint density at radius 2 is 2.05 bits per heavy atom. The van der Waals surface area contributed by atoms with Gasteiger partial charge in [0, 0.05) is 5.39 Å². The van der Waals surface area contributed by atoms with Gasteiger partial charge in [0.05, 0.1) is 10.4 Å². The lowest BCUT2D eigenvalue weighted by molar-refractivity contribution is 1.14. The van der Waals surface area contributed by atoms with Crippen molar-refractivity contribution in [3.05, 3.63) is 45.9 Å². The van der Waals surface area contributed by atoms with E-state index in [1.807, 2.05) is 25.1 Å². The second-order valence-electron chi connectivity index (χ2n) is 4.44. The minimum atomic E-state index is 0.527. The van der Waals surface area contributed by atoms with Crippen LogP contribution in [0.5, 0.6) is 0 Å². The maximum absolute atomic E-state index is 6.30. The molecule has 96 valence electrons. The third-order valence-corrected chi connectivity index (χ3v) is 4.45. The normalized spacial score (nSPS) is 11.1. The van der Waals surface area contributed by atoms with E-state index in [-0.39, 0.29) is 0 Å². The number of thiophene rings is 1. The molecule has 0 fully saturated rings. The molecule has 0 saturated carbocycles. The Hall–Kier alpha value is -1.45. The van der Waals surface area contributed by atoms with Crippen molar-refractivity contribution in [3.63, 3.8) is 0 Å². The van der Waals surface area contributed by atoms with Gasteiger partial charge in [0.2, 0.25) is 0 Å². The van der Waals surface area contributed by atoms with E-state index in [1.54, 1.807) is 11.3 Å². The zero-order valence-corrected chi connectivity index (χ0v) is 12.3. The maximum atomic E-state index is 6.30. The van der Waals surface area contributed by atoms with Crippen molar-refractivity contribution < 1.29 is 0 Å². The molecule has 2 aromatic heterocycles. The Labute approximate surface area is 121 Å². The van der Waals surface area contributed by atoms with Gasteiger partial charge in [-0.3, -0.25) is 0 Å². The van der Waals surface area contributed by atoms with E-state index in [9.17, 15) is 0 Å². The molecule has 3 aromatic rings. The van der Waals surface area contributed by atoms with Crippen LogP contribution in [0, 0.1) is 6.92 Å². The summed E-state index contributed by atoms with van der Waals surface area (Å²) in [6.45, 7) is 4.18. The molecular formula is C15H13ClN2S. The molecular weight excluding hydrogens is 276 g/mol. The Kier molecular flexibility index (Phi) is 3.25. The smallest absolute Gasteiger partial charge is 0.171 e. The summed E-state index contributed by atoms with van der Waals surface area (Å²) in [6.07, 6.45) is 0.978. The summed E-state index contributed by atoms with van der Waals surface area (Å²) < 4.78 is 0. The number of nitrogens with zero attached hydrogens (tertiary/aromatic N) is 2. The number of rotatable bonds is 2. The van der Waals surface area contributed by atoms with Crippen molar-refractivity contribution in [2.45, 2.75) is 20.3 Å². The quantitative estimate of drug-likeness (QED) is 0.628. The minimum absolute atomic E-state index is 0.527. The molecule has 1 aromatic carbocycles. The van der Waals surface area contributed by atoms with Crippen LogP contribution in [-0.2, 0) is 6.42 Å². The van der Waals surface area contributed by atoms with Crippen LogP contribution in [0.2, 0.25) is 5.15 Å². The highest BCUT2D eigenvalue weighted by molar-refractivity contribution is 7.13. The molecule has 2 heterocycles. The first-order valence-corrected chi connectivity index (χ1v) is 7.46. The number of halogens is 1. The van der Waals surface area contributed by atoms with Crippen LogP contribution < -0.4 is 0 Å². The minimum Gasteiger partial charge on any atom is -0.227 e. The SMILES string of the molecule is CCc1ccsc1-c1nc(Cl)c2cccc(C)c2n1. The number of para-hydroxylation sites is 1. The highest BCUT2D eigenvalue weighted by Crippen LogP contribution is 2.31. The first kappa shape index (κ1) is 12.6. The molecule has 0 atom stereocenters. The fourth-order valence-electron chi connectivity index (χ4n) is 2.17. The van der Waals surface area contributed by atoms with E-state index in [2.05, 4.69) is 23.4 Å². The zero-order valence-electron chi connectivity index (χ0n) is 10.8. The van der Waals surface area contributed by atoms with Gasteiger partial charge < -0.3 is 0 Å². The lowest BCUT2D eigenvalue weighted by atomic mass is 10.1. The van der Waals surface area contributed by atoms with Crippen LogP contribution in [0.25, 0.3) is 21.6 Å². The molecule has 0 spiro atoms. The van der Waals surface area contributed by atoms with E-state index in [4.69, 9.17) is 16.6 Å². The van der Waals surface area contributed by atoms with E-state index in [0.717, 1.165) is 33.6 Å². The number of hydrogen-bond acceptors (Lipinski definition) is 3. The molecule has 0 N–H and O–H groups in total. The second-order valence-corrected chi connectivity index (χ2v) is 5.71. The monoisotopic (exact) mass is 288 g/mol. The number of aromatic nitrogens is 2. The van der Waals surface area contributed by atoms with Crippen molar-refractivity contribution in [2.75, 3.05) is 0 Å². The number of aryl methyl sites for hydroxylation is 2. The fourth-order valence-corrected chi connectivity index (χ4v) is 3.33. The summed E-state index contributed by atoms with van der Waals surface area (Å²) in [4.78, 5) is 10.3. The van der Waals surface area contributed by atoms with Gasteiger partial charge in [-0.15, -0.1) is 11.3 Å². The predicted molar refractivity (Wildman–Crippen MR) is 82.0 cm³/mol. The van der Waals surface area contributed by atoms with Crippen LogP contribution in [0.4, 0.5) is 0 Å². The number of hydrogen-bond donors (Lipinski definition) is 0. The van der Waals surface area contributed by atoms with E-state index < -0.39 is 0 Å². The Balaban J connectivity index is 2.29. The summed E-state index contributed by atoms with van der Waals surface area (Å²) in [5.41, 5.74) is 3.33. The topological polar surface area (TPSA) is 25.8 Å². The van der Waals surface area contributed by atoms with Gasteiger partial charge >= 0.3 is 0 Å². The average Bonchev–Trinajstić information content (AvgIpc) is 2.88. The standard InChI is InChI=1S/C15H13ClN2S/c1-3-10-7-8-19-13(10)15-17-12-9(2)5-4-6-11(12)14(16)18-15/h4-8H,3H2,1-2H3. The molecule has 0 amide bonds. The lowest BCUT2D eigenvalue weighted by Crippen LogP contribution is -1.94. The van der Waals surface area contributed by atoms with Gasteiger partial charge in [0.25, 0.3) is 0 Å². The first-order valence-electron chi connectivity index (χ1n) is 6.20. The second kappa shape index (κ2) is 4.91. The summed E-state index contributed by atoms with van der Waals surface area (Å²) in [5.74, 6) is 0.735. The fraction of sp³-hybridized carbons (Fsp3) is 0.200. The molecule has 19 heavy (non-hydrogen) atoms. The van der Waals surface area contributed by atoms with E-state index >= 15 is 0 Å². The number of fused-ring (bicyclic) bond motifs is 1. The molecule has 0 aliphatic carbocycles. The third kappa shape index (κ3) is 2.13. The summed E-state index contributed by atoms with van der Waals surface area (Å²) >= 11 is 7.97. The molecule has 0 bridgehead atoms. The van der Waals surface area contributed by atoms with E-state index in [1.165, 1.54) is 5.56 Å². The van der Waals surface area contributed by atoms with Crippen molar-refractivity contribution in [3.8, 4) is 10.7 Å². The highest BCUT2D eigenvalue weighted by atomic mass is 35.5. The van der Waals surface area contributed by atoms with Crippen molar-refractivity contribution in [1.82, 2.24) is 9.97 Å². The van der Waals surface area contributed by atoms with Crippen LogP contribution in [0.15, 0.2) is 29.6 Å². The van der Waals surface area contributed by atoms with Crippen LogP contribution in [0.1, 0.15) is 18.1 Å². The lowest BCUT2D eigenvalue weighted by Gasteiger charge is -2.06. The Morgan fingerprint density at radius 3 is 2.84 bits per heavy atom. The summed E-state index contributed by atoms with van der Waals surface area (Å²) in [5, 5.41) is 3.52. The molecule has 0 aliphatic rings. The van der Waals surface area contributed by atoms with Gasteiger partial charge in [-0.25, -0.2) is 9.97 Å². The van der Waals surface area contributed by atoms with Gasteiger partial charge in [-0.05, 0) is 42.0 Å². The molecule has 0 saturated heterocycles. The van der Waals surface area contributed by atoms with Crippen molar-refractivity contribution in [2.24, 2.45) is 0 Å². The Bertz CT molecular complexity index is 749. The summed E-state index contributed by atoms with van der Waals surface area (Å²) in [7, 11) is 0. The van der Waals surface area contributed by atoms with Crippen LogP contribution in [0.3, 0.4) is 0 Å². The zero-order chi connectivity index (χ0) is 13.4. The van der Waals surface area contributed by atoms with Crippen LogP contribution >= 0.6 is 22.9 Å². The highest BCUT2D eigenvalue weighted by Gasteiger charge is 2.12. The Morgan fingerprint density at radius 1 is 1.21 bits per heavy atom. The van der Waals surface area contributed by atoms with E-state index in [0.29, 0.717) is 5.15 Å². The van der Waals surface area contributed by atoms with Crippen LogP contribution in [-0.4, -0.2) is 9.97 Å². The van der Waals surface area contributed by atoms with Gasteiger partial charge in [-0.2, -0.15) is 0 Å². The van der Waals surface area contributed by atoms with Crippen molar-refractivity contribution >= 4 is 33.8 Å². The van der Waals surface area contributed by atoms with Crippen molar-refractivity contribution in [1.29, 1.82) is 0 Å². The number of benzene rings is 1. The molecule has 3 rings (SSSR count). The largest absolute Gasteiger partial charge is 0.227 e. The van der Waals surface area contributed by atoms with Gasteiger partial charge in [-0.1, -0.05) is 30.7 Å². The maximum Gasteiger partial charge on any atom is 0.171 e. The predicted octanol–water partition coefficient (Wildman–Crippen LogP) is 4.88. The molecule has 4 heteroatoms. The molecule has 0 aliphatic heterocycles. The third-order valence-electron chi connectivity index (χ3n) is 3.21. The summed E-state index contributed by atoms with van der Waals surface area (Å²) in [6, 6.07) is 8.11. The molecule has 0 unspecified atom stereocenters. The van der Waals surface area contributed by atoms with Gasteiger partial charge in [0.15, 0.2) is 5.82 Å².